The number of allylic oxidation sites excluding steroid dienone is 3. The van der Waals surface area contributed by atoms with Crippen molar-refractivity contribution in [3.05, 3.63) is 91.3 Å². The van der Waals surface area contributed by atoms with E-state index in [1.807, 2.05) is 0 Å². The summed E-state index contributed by atoms with van der Waals surface area (Å²) >= 11 is 5.90. The quantitative estimate of drug-likeness (QED) is 0.352. The van der Waals surface area contributed by atoms with Crippen LogP contribution in [0.1, 0.15) is 43.2 Å². The number of hydrogen-bond donors (Lipinski definition) is 1. The fourth-order valence-corrected chi connectivity index (χ4v) is 4.54. The van der Waals surface area contributed by atoms with E-state index in [2.05, 4.69) is 5.32 Å². The summed E-state index contributed by atoms with van der Waals surface area (Å²) in [4.78, 5) is 37.0. The van der Waals surface area contributed by atoms with Crippen molar-refractivity contribution < 1.29 is 24.0 Å². The van der Waals surface area contributed by atoms with Gasteiger partial charge in [-0.05, 0) is 49.1 Å². The molecule has 0 saturated heterocycles. The van der Waals surface area contributed by atoms with Crippen molar-refractivity contribution in [3.8, 4) is 5.75 Å². The molecule has 1 heterocycles. The number of hydrogen-bond acceptors (Lipinski definition) is 7. The number of nitrogens with zero attached hydrogens (tertiary/aromatic N) is 1. The molecule has 0 saturated carbocycles. The van der Waals surface area contributed by atoms with E-state index in [0.717, 1.165) is 11.3 Å². The Balaban J connectivity index is 1.75. The van der Waals surface area contributed by atoms with Crippen LogP contribution in [-0.4, -0.2) is 23.8 Å². The summed E-state index contributed by atoms with van der Waals surface area (Å²) in [6.45, 7) is 1.85. The summed E-state index contributed by atoms with van der Waals surface area (Å²) < 4.78 is 10.7. The molecule has 0 aromatic heterocycles. The molecule has 8 nitrogen and oxygen atoms in total. The van der Waals surface area contributed by atoms with Crippen molar-refractivity contribution in [1.82, 2.24) is 5.32 Å². The Morgan fingerprint density at radius 2 is 1.94 bits per heavy atom. The van der Waals surface area contributed by atoms with Crippen molar-refractivity contribution in [2.24, 2.45) is 0 Å². The summed E-state index contributed by atoms with van der Waals surface area (Å²) in [5.41, 5.74) is 3.04. The first-order valence-electron chi connectivity index (χ1n) is 10.8. The minimum atomic E-state index is -0.763. The summed E-state index contributed by atoms with van der Waals surface area (Å²) in [5, 5.41) is 15.7. The van der Waals surface area contributed by atoms with Crippen LogP contribution in [0.4, 0.5) is 5.69 Å². The number of nitro benzene ring substituents is 1. The SMILES string of the molecule is COC(=O)C1=C(C)NC2=C(C(=O)CCC2)[C@H]1c1ccc(OCc2ccc(Cl)cc2)c([N+](=O)[O-])c1. The Labute approximate surface area is 201 Å². The second kappa shape index (κ2) is 9.69. The van der Waals surface area contributed by atoms with Crippen LogP contribution in [0.3, 0.4) is 0 Å². The zero-order chi connectivity index (χ0) is 24.4. The minimum absolute atomic E-state index is 0.0848. The van der Waals surface area contributed by atoms with E-state index in [9.17, 15) is 19.7 Å². The largest absolute Gasteiger partial charge is 0.482 e. The topological polar surface area (TPSA) is 108 Å². The van der Waals surface area contributed by atoms with E-state index in [0.29, 0.717) is 41.1 Å². The van der Waals surface area contributed by atoms with E-state index in [4.69, 9.17) is 21.1 Å². The number of ketones is 1. The van der Waals surface area contributed by atoms with Gasteiger partial charge in [0.2, 0.25) is 0 Å². The zero-order valence-corrected chi connectivity index (χ0v) is 19.5. The number of carbonyl (C=O) groups excluding carboxylic acids is 2. The molecule has 1 aliphatic heterocycles. The lowest BCUT2D eigenvalue weighted by molar-refractivity contribution is -0.386. The third-order valence-corrected chi connectivity index (χ3v) is 6.25. The molecule has 0 fully saturated rings. The number of esters is 1. The zero-order valence-electron chi connectivity index (χ0n) is 18.7. The first kappa shape index (κ1) is 23.5. The summed E-state index contributed by atoms with van der Waals surface area (Å²) in [5.74, 6) is -1.35. The second-order valence-electron chi connectivity index (χ2n) is 8.16. The van der Waals surface area contributed by atoms with Gasteiger partial charge < -0.3 is 14.8 Å². The van der Waals surface area contributed by atoms with Crippen molar-refractivity contribution in [1.29, 1.82) is 0 Å². The Bertz CT molecular complexity index is 1230. The van der Waals surface area contributed by atoms with Crippen molar-refractivity contribution in [3.63, 3.8) is 0 Å². The lowest BCUT2D eigenvalue weighted by Gasteiger charge is -2.34. The van der Waals surface area contributed by atoms with Crippen LogP contribution in [0.5, 0.6) is 5.75 Å². The summed E-state index contributed by atoms with van der Waals surface area (Å²) in [6.07, 6.45) is 1.72. The monoisotopic (exact) mass is 482 g/mol. The Morgan fingerprint density at radius 1 is 1.21 bits per heavy atom. The van der Waals surface area contributed by atoms with E-state index >= 15 is 0 Å². The number of dihydropyridines is 1. The molecule has 2 aliphatic rings. The van der Waals surface area contributed by atoms with Gasteiger partial charge >= 0.3 is 11.7 Å². The molecule has 0 amide bonds. The highest BCUT2D eigenvalue weighted by atomic mass is 35.5. The maximum atomic E-state index is 12.9. The molecule has 0 unspecified atom stereocenters. The van der Waals surface area contributed by atoms with Crippen LogP contribution in [0.2, 0.25) is 5.02 Å². The van der Waals surface area contributed by atoms with Crippen molar-refractivity contribution in [2.75, 3.05) is 7.11 Å². The fourth-order valence-electron chi connectivity index (χ4n) is 4.42. The van der Waals surface area contributed by atoms with Crippen LogP contribution in [0, 0.1) is 10.1 Å². The molecule has 2 aromatic rings. The van der Waals surface area contributed by atoms with Crippen LogP contribution in [-0.2, 0) is 20.9 Å². The standard InChI is InChI=1S/C25H23ClN2O6/c1-14-22(25(30)33-2)23(24-18(27-14)4-3-5-20(24)29)16-8-11-21(19(12-16)28(31)32)34-13-15-6-9-17(26)10-7-15/h6-12,23,27H,3-5,13H2,1-2H3/t23-/m0/s1. The van der Waals surface area contributed by atoms with E-state index in [1.54, 1.807) is 37.3 Å². The maximum absolute atomic E-state index is 12.9. The molecule has 1 aliphatic carbocycles. The van der Waals surface area contributed by atoms with Gasteiger partial charge in [-0.1, -0.05) is 29.8 Å². The number of carbonyl (C=O) groups is 2. The van der Waals surface area contributed by atoms with Gasteiger partial charge in [0.1, 0.15) is 6.61 Å². The molecular formula is C25H23ClN2O6. The predicted octanol–water partition coefficient (Wildman–Crippen LogP) is 4.97. The van der Waals surface area contributed by atoms with E-state index in [-0.39, 0.29) is 29.4 Å². The van der Waals surface area contributed by atoms with Crippen LogP contribution < -0.4 is 10.1 Å². The van der Waals surface area contributed by atoms with Gasteiger partial charge in [0, 0.05) is 40.4 Å². The minimum Gasteiger partial charge on any atom is -0.482 e. The van der Waals surface area contributed by atoms with Gasteiger partial charge in [0.15, 0.2) is 11.5 Å². The average molecular weight is 483 g/mol. The molecule has 1 N–H and O–H groups in total. The predicted molar refractivity (Wildman–Crippen MR) is 125 cm³/mol. The number of nitrogens with one attached hydrogen (secondary N) is 1. The van der Waals surface area contributed by atoms with Crippen molar-refractivity contribution in [2.45, 2.75) is 38.7 Å². The number of rotatable bonds is 6. The van der Waals surface area contributed by atoms with Gasteiger partial charge in [-0.2, -0.15) is 0 Å². The number of methoxy groups -OCH3 is 1. The Hall–Kier alpha value is -3.65. The highest BCUT2D eigenvalue weighted by molar-refractivity contribution is 6.30. The third kappa shape index (κ3) is 4.54. The lowest BCUT2D eigenvalue weighted by atomic mass is 9.75. The van der Waals surface area contributed by atoms with Crippen LogP contribution in [0.25, 0.3) is 0 Å². The van der Waals surface area contributed by atoms with Crippen LogP contribution >= 0.6 is 11.6 Å². The van der Waals surface area contributed by atoms with E-state index in [1.165, 1.54) is 19.2 Å². The molecule has 0 spiro atoms. The van der Waals surface area contributed by atoms with Crippen LogP contribution in [0.15, 0.2) is 65.0 Å². The van der Waals surface area contributed by atoms with Gasteiger partial charge in [-0.25, -0.2) is 4.79 Å². The first-order valence-corrected chi connectivity index (χ1v) is 11.2. The van der Waals surface area contributed by atoms with Gasteiger partial charge in [0.25, 0.3) is 0 Å². The smallest absolute Gasteiger partial charge is 0.336 e. The van der Waals surface area contributed by atoms with E-state index < -0.39 is 16.8 Å². The molecule has 1 atom stereocenters. The number of ether oxygens (including phenoxy) is 2. The number of nitro groups is 1. The molecule has 0 radical (unpaired) electrons. The lowest BCUT2D eigenvalue weighted by Crippen LogP contribution is -2.34. The third-order valence-electron chi connectivity index (χ3n) is 6.00. The van der Waals surface area contributed by atoms with Gasteiger partial charge in [0.05, 0.1) is 17.6 Å². The summed E-state index contributed by atoms with van der Waals surface area (Å²) in [7, 11) is 1.27. The van der Waals surface area contributed by atoms with Gasteiger partial charge in [-0.3, -0.25) is 14.9 Å². The normalized spacial score (nSPS) is 17.7. The Morgan fingerprint density at radius 3 is 2.62 bits per heavy atom. The molecule has 176 valence electrons. The van der Waals surface area contributed by atoms with Gasteiger partial charge in [-0.15, -0.1) is 0 Å². The molecule has 34 heavy (non-hydrogen) atoms. The molecule has 0 bridgehead atoms. The number of halogens is 1. The molecule has 4 rings (SSSR count). The number of benzene rings is 2. The fraction of sp³-hybridized carbons (Fsp3) is 0.280. The molecule has 9 heteroatoms. The van der Waals surface area contributed by atoms with Crippen molar-refractivity contribution >= 4 is 29.0 Å². The molecule has 2 aromatic carbocycles. The Kier molecular flexibility index (Phi) is 6.70. The first-order chi connectivity index (χ1) is 16.3. The highest BCUT2D eigenvalue weighted by Gasteiger charge is 2.39. The highest BCUT2D eigenvalue weighted by Crippen LogP contribution is 2.44. The number of Topliss-reactive ketones (excluding diaryl/α,β-unsaturated/α-hetero) is 1. The summed E-state index contributed by atoms with van der Waals surface area (Å²) in [6, 6.07) is 11.5. The maximum Gasteiger partial charge on any atom is 0.336 e. The molecular weight excluding hydrogens is 460 g/mol. The second-order valence-corrected chi connectivity index (χ2v) is 8.59. The average Bonchev–Trinajstić information content (AvgIpc) is 2.82.